The van der Waals surface area contributed by atoms with Crippen LogP contribution >= 0.6 is 0 Å². The number of aromatic nitrogens is 2. The second-order valence-electron chi connectivity index (χ2n) is 9.49. The summed E-state index contributed by atoms with van der Waals surface area (Å²) >= 11 is 0. The van der Waals surface area contributed by atoms with Gasteiger partial charge in [0, 0.05) is 16.9 Å². The molecule has 7 nitrogen and oxygen atoms in total. The molecule has 0 bridgehead atoms. The highest BCUT2D eigenvalue weighted by Gasteiger charge is 2.33. The maximum atomic E-state index is 13.1. The summed E-state index contributed by atoms with van der Waals surface area (Å²) in [6, 6.07) is 21.5. The van der Waals surface area contributed by atoms with Crippen molar-refractivity contribution in [2.24, 2.45) is 5.92 Å². The molecule has 1 aliphatic carbocycles. The van der Waals surface area contributed by atoms with Crippen LogP contribution in [-0.4, -0.2) is 24.1 Å². The van der Waals surface area contributed by atoms with Crippen LogP contribution in [0.15, 0.2) is 82.5 Å². The maximum Gasteiger partial charge on any atom is 0.274 e. The maximum absolute atomic E-state index is 13.1. The summed E-state index contributed by atoms with van der Waals surface area (Å²) in [5.74, 6) is -0.508. The van der Waals surface area contributed by atoms with Crippen molar-refractivity contribution in [3.05, 3.63) is 94.4 Å². The van der Waals surface area contributed by atoms with Crippen LogP contribution in [0.25, 0.3) is 21.9 Å². The standard InChI is InChI=1S/C28H27N3O4S/c1-18(2)26-23-8-3-4-9-24(23)28(33)31(29-26)17-19-11-13-20(14-12-19)22-7-5-6-10-25(22)36(34,35)30-27(32)21-15-16-21/h3-14,18,21H,15-17H2,1-2H3,(H,30,32). The lowest BCUT2D eigenvalue weighted by Crippen LogP contribution is -2.32. The average Bonchev–Trinajstić information content (AvgIpc) is 3.72. The van der Waals surface area contributed by atoms with E-state index in [-0.39, 0.29) is 22.3 Å². The number of hydrogen-bond acceptors (Lipinski definition) is 5. The van der Waals surface area contributed by atoms with Gasteiger partial charge in [-0.15, -0.1) is 0 Å². The van der Waals surface area contributed by atoms with Gasteiger partial charge in [0.05, 0.1) is 22.5 Å². The van der Waals surface area contributed by atoms with Gasteiger partial charge >= 0.3 is 0 Å². The first kappa shape index (κ1) is 23.9. The molecule has 0 atom stereocenters. The van der Waals surface area contributed by atoms with Gasteiger partial charge in [0.15, 0.2) is 0 Å². The van der Waals surface area contributed by atoms with Crippen LogP contribution in [0, 0.1) is 5.92 Å². The summed E-state index contributed by atoms with van der Waals surface area (Å²) in [5, 5.41) is 6.16. The zero-order chi connectivity index (χ0) is 25.4. The van der Waals surface area contributed by atoms with Crippen LogP contribution in [0.4, 0.5) is 0 Å². The van der Waals surface area contributed by atoms with Gasteiger partial charge in [-0.1, -0.05) is 74.5 Å². The summed E-state index contributed by atoms with van der Waals surface area (Å²) in [6.45, 7) is 4.40. The van der Waals surface area contributed by atoms with Gasteiger partial charge < -0.3 is 0 Å². The molecule has 36 heavy (non-hydrogen) atoms. The predicted molar refractivity (Wildman–Crippen MR) is 139 cm³/mol. The fourth-order valence-corrected chi connectivity index (χ4v) is 5.59. The Kier molecular flexibility index (Phi) is 6.22. The van der Waals surface area contributed by atoms with Crippen molar-refractivity contribution in [1.82, 2.24) is 14.5 Å². The van der Waals surface area contributed by atoms with E-state index in [1.807, 2.05) is 48.5 Å². The molecule has 1 fully saturated rings. The summed E-state index contributed by atoms with van der Waals surface area (Å²) in [7, 11) is -4.00. The minimum Gasteiger partial charge on any atom is -0.274 e. The van der Waals surface area contributed by atoms with Crippen molar-refractivity contribution in [2.45, 2.75) is 44.0 Å². The van der Waals surface area contributed by atoms with Crippen molar-refractivity contribution >= 4 is 26.7 Å². The fraction of sp³-hybridized carbons (Fsp3) is 0.250. The zero-order valence-electron chi connectivity index (χ0n) is 20.1. The van der Waals surface area contributed by atoms with E-state index in [1.54, 1.807) is 18.2 Å². The number of hydrogen-bond donors (Lipinski definition) is 1. The Bertz CT molecular complexity index is 1620. The minimum absolute atomic E-state index is 0.0562. The Morgan fingerprint density at radius 3 is 2.28 bits per heavy atom. The van der Waals surface area contributed by atoms with Crippen LogP contribution in [0.1, 0.15) is 43.9 Å². The Labute approximate surface area is 209 Å². The molecule has 1 amide bonds. The van der Waals surface area contributed by atoms with E-state index < -0.39 is 15.9 Å². The average molecular weight is 502 g/mol. The van der Waals surface area contributed by atoms with Crippen molar-refractivity contribution in [2.75, 3.05) is 0 Å². The van der Waals surface area contributed by atoms with E-state index in [4.69, 9.17) is 0 Å². The van der Waals surface area contributed by atoms with Gasteiger partial charge in [0.25, 0.3) is 15.6 Å². The summed E-state index contributed by atoms with van der Waals surface area (Å²) < 4.78 is 29.6. The molecule has 0 spiro atoms. The summed E-state index contributed by atoms with van der Waals surface area (Å²) in [4.78, 5) is 25.3. The van der Waals surface area contributed by atoms with Gasteiger partial charge in [-0.2, -0.15) is 5.10 Å². The summed E-state index contributed by atoms with van der Waals surface area (Å²) in [5.41, 5.74) is 2.78. The predicted octanol–water partition coefficient (Wildman–Crippen LogP) is 4.45. The molecule has 0 aliphatic heterocycles. The lowest BCUT2D eigenvalue weighted by Gasteiger charge is -2.14. The topological polar surface area (TPSA) is 98.1 Å². The molecule has 0 unspecified atom stereocenters. The number of benzene rings is 3. The van der Waals surface area contributed by atoms with Crippen molar-refractivity contribution < 1.29 is 13.2 Å². The van der Waals surface area contributed by atoms with E-state index in [0.717, 1.165) is 29.5 Å². The monoisotopic (exact) mass is 501 g/mol. The number of carbonyl (C=O) groups is 1. The molecule has 5 rings (SSSR count). The second kappa shape index (κ2) is 9.35. The molecule has 184 valence electrons. The first-order valence-corrected chi connectivity index (χ1v) is 13.5. The summed E-state index contributed by atoms with van der Waals surface area (Å²) in [6.07, 6.45) is 1.44. The molecule has 0 radical (unpaired) electrons. The number of amides is 1. The number of fused-ring (bicyclic) bond motifs is 1. The van der Waals surface area contributed by atoms with E-state index in [2.05, 4.69) is 23.7 Å². The van der Waals surface area contributed by atoms with Gasteiger partial charge in [-0.05, 0) is 42.0 Å². The third-order valence-corrected chi connectivity index (χ3v) is 7.81. The van der Waals surface area contributed by atoms with Crippen LogP contribution in [0.3, 0.4) is 0 Å². The molecule has 1 heterocycles. The third-order valence-electron chi connectivity index (χ3n) is 6.40. The molecule has 0 saturated heterocycles. The van der Waals surface area contributed by atoms with Crippen molar-refractivity contribution in [1.29, 1.82) is 0 Å². The van der Waals surface area contributed by atoms with E-state index in [9.17, 15) is 18.0 Å². The Balaban J connectivity index is 1.45. The SMILES string of the molecule is CC(C)c1nn(Cc2ccc(-c3ccccc3S(=O)(=O)NC(=O)C3CC3)cc2)c(=O)c2ccccc12. The number of sulfonamides is 1. The largest absolute Gasteiger partial charge is 0.274 e. The second-order valence-corrected chi connectivity index (χ2v) is 11.1. The first-order chi connectivity index (χ1) is 17.2. The molecule has 4 aromatic rings. The molecular weight excluding hydrogens is 474 g/mol. The smallest absolute Gasteiger partial charge is 0.274 e. The lowest BCUT2D eigenvalue weighted by atomic mass is 10.0. The minimum atomic E-state index is -4.00. The van der Waals surface area contributed by atoms with Crippen molar-refractivity contribution in [3.63, 3.8) is 0 Å². The van der Waals surface area contributed by atoms with Crippen molar-refractivity contribution in [3.8, 4) is 11.1 Å². The van der Waals surface area contributed by atoms with Gasteiger partial charge in [0.1, 0.15) is 0 Å². The van der Waals surface area contributed by atoms with Crippen LogP contribution < -0.4 is 10.3 Å². The number of rotatable bonds is 7. The highest BCUT2D eigenvalue weighted by atomic mass is 32.2. The fourth-order valence-electron chi connectivity index (χ4n) is 4.31. The number of nitrogens with zero attached hydrogens (tertiary/aromatic N) is 2. The zero-order valence-corrected chi connectivity index (χ0v) is 21.0. The molecular formula is C28H27N3O4S. The van der Waals surface area contributed by atoms with Crippen LogP contribution in [0.5, 0.6) is 0 Å². The van der Waals surface area contributed by atoms with E-state index >= 15 is 0 Å². The van der Waals surface area contributed by atoms with E-state index in [0.29, 0.717) is 23.1 Å². The lowest BCUT2D eigenvalue weighted by molar-refractivity contribution is -0.120. The first-order valence-electron chi connectivity index (χ1n) is 12.0. The molecule has 1 saturated carbocycles. The van der Waals surface area contributed by atoms with Crippen LogP contribution in [-0.2, 0) is 21.4 Å². The van der Waals surface area contributed by atoms with E-state index in [1.165, 1.54) is 10.7 Å². The normalized spacial score (nSPS) is 13.8. The van der Waals surface area contributed by atoms with Gasteiger partial charge in [-0.25, -0.2) is 17.8 Å². The Hall–Kier alpha value is -3.78. The highest BCUT2D eigenvalue weighted by molar-refractivity contribution is 7.90. The van der Waals surface area contributed by atoms with Gasteiger partial charge in [0.2, 0.25) is 5.91 Å². The molecule has 1 aliphatic rings. The number of nitrogens with one attached hydrogen (secondary N) is 1. The quantitative estimate of drug-likeness (QED) is 0.403. The number of carbonyl (C=O) groups excluding carboxylic acids is 1. The Morgan fingerprint density at radius 1 is 0.972 bits per heavy atom. The molecule has 3 aromatic carbocycles. The van der Waals surface area contributed by atoms with Gasteiger partial charge in [-0.3, -0.25) is 9.59 Å². The Morgan fingerprint density at radius 2 is 1.61 bits per heavy atom. The molecule has 1 N–H and O–H groups in total. The molecule has 1 aromatic heterocycles. The third kappa shape index (κ3) is 4.68. The highest BCUT2D eigenvalue weighted by Crippen LogP contribution is 2.31. The van der Waals surface area contributed by atoms with Crippen LogP contribution in [0.2, 0.25) is 0 Å². The molecule has 8 heteroatoms.